The van der Waals surface area contributed by atoms with E-state index in [1.54, 1.807) is 6.92 Å². The molecule has 0 spiro atoms. The summed E-state index contributed by atoms with van der Waals surface area (Å²) in [6.45, 7) is 1.74. The van der Waals surface area contributed by atoms with E-state index in [4.69, 9.17) is 5.11 Å². The van der Waals surface area contributed by atoms with Crippen molar-refractivity contribution < 1.29 is 9.90 Å². The van der Waals surface area contributed by atoms with Gasteiger partial charge in [0.25, 0.3) is 0 Å². The second-order valence-electron chi connectivity index (χ2n) is 5.97. The molecule has 2 heteroatoms. The number of hydrogen-bond donors (Lipinski definition) is 1. The van der Waals surface area contributed by atoms with Crippen LogP contribution in [0, 0.1) is 29.6 Å². The van der Waals surface area contributed by atoms with Crippen LogP contribution in [0.15, 0.2) is 11.6 Å². The molecule has 3 aliphatic carbocycles. The monoisotopic (exact) mass is 220 g/mol. The summed E-state index contributed by atoms with van der Waals surface area (Å²) in [6, 6.07) is 0. The predicted octanol–water partition coefficient (Wildman–Crippen LogP) is 3.09. The molecule has 1 N–H and O–H groups in total. The fourth-order valence-corrected chi connectivity index (χ4v) is 4.71. The molecule has 0 aromatic heterocycles. The van der Waals surface area contributed by atoms with Crippen LogP contribution in [-0.4, -0.2) is 11.1 Å². The zero-order valence-electron chi connectivity index (χ0n) is 9.86. The van der Waals surface area contributed by atoms with Crippen molar-refractivity contribution in [1.82, 2.24) is 0 Å². The summed E-state index contributed by atoms with van der Waals surface area (Å²) >= 11 is 0. The van der Waals surface area contributed by atoms with Crippen molar-refractivity contribution in [1.29, 1.82) is 0 Å². The zero-order chi connectivity index (χ0) is 11.3. The van der Waals surface area contributed by atoms with Crippen molar-refractivity contribution in [2.45, 2.75) is 39.0 Å². The normalized spacial score (nSPS) is 46.1. The molecule has 3 saturated carbocycles. The topological polar surface area (TPSA) is 37.3 Å². The Labute approximate surface area is 96.7 Å². The summed E-state index contributed by atoms with van der Waals surface area (Å²) in [5.41, 5.74) is 0.549. The van der Waals surface area contributed by atoms with E-state index in [-0.39, 0.29) is 0 Å². The van der Waals surface area contributed by atoms with Crippen LogP contribution in [0.25, 0.3) is 0 Å². The van der Waals surface area contributed by atoms with Crippen LogP contribution in [0.2, 0.25) is 0 Å². The molecular formula is C14H20O2. The second-order valence-corrected chi connectivity index (χ2v) is 5.97. The third-order valence-electron chi connectivity index (χ3n) is 5.29. The van der Waals surface area contributed by atoms with Crippen molar-refractivity contribution in [2.24, 2.45) is 29.6 Å². The molecule has 0 radical (unpaired) electrons. The Kier molecular flexibility index (Phi) is 2.34. The van der Waals surface area contributed by atoms with Gasteiger partial charge in [0, 0.05) is 5.57 Å². The van der Waals surface area contributed by atoms with Gasteiger partial charge in [-0.15, -0.1) is 0 Å². The molecule has 5 unspecified atom stereocenters. The quantitative estimate of drug-likeness (QED) is 0.726. The van der Waals surface area contributed by atoms with Gasteiger partial charge in [0.15, 0.2) is 0 Å². The lowest BCUT2D eigenvalue weighted by molar-refractivity contribution is -0.132. The number of rotatable bonds is 2. The van der Waals surface area contributed by atoms with E-state index in [0.717, 1.165) is 23.7 Å². The van der Waals surface area contributed by atoms with E-state index in [1.165, 1.54) is 32.1 Å². The van der Waals surface area contributed by atoms with Crippen LogP contribution >= 0.6 is 0 Å². The molecule has 5 atom stereocenters. The molecule has 3 fully saturated rings. The minimum atomic E-state index is -0.744. The zero-order valence-corrected chi connectivity index (χ0v) is 9.86. The van der Waals surface area contributed by atoms with E-state index in [2.05, 4.69) is 0 Å². The van der Waals surface area contributed by atoms with Gasteiger partial charge in [0.2, 0.25) is 0 Å². The van der Waals surface area contributed by atoms with Crippen molar-refractivity contribution in [3.8, 4) is 0 Å². The highest BCUT2D eigenvalue weighted by molar-refractivity contribution is 5.85. The van der Waals surface area contributed by atoms with Gasteiger partial charge in [0.05, 0.1) is 0 Å². The minimum absolute atomic E-state index is 0.549. The first kappa shape index (κ1) is 10.4. The van der Waals surface area contributed by atoms with Crippen molar-refractivity contribution in [3.05, 3.63) is 11.6 Å². The molecule has 88 valence electrons. The predicted molar refractivity (Wildman–Crippen MR) is 61.9 cm³/mol. The molecule has 0 saturated heterocycles. The highest BCUT2D eigenvalue weighted by atomic mass is 16.4. The van der Waals surface area contributed by atoms with Gasteiger partial charge in [-0.05, 0) is 68.6 Å². The van der Waals surface area contributed by atoms with Crippen LogP contribution in [-0.2, 0) is 4.79 Å². The summed E-state index contributed by atoms with van der Waals surface area (Å²) in [5, 5.41) is 8.95. The number of carbonyl (C=O) groups is 1. The van der Waals surface area contributed by atoms with E-state index in [9.17, 15) is 4.79 Å². The smallest absolute Gasteiger partial charge is 0.330 e. The maximum atomic E-state index is 10.9. The van der Waals surface area contributed by atoms with E-state index < -0.39 is 5.97 Å². The average Bonchev–Trinajstić information content (AvgIpc) is 2.88. The standard InChI is InChI=1S/C14H20O2/c1-8(14(15)16)6-10-4-5-12-9-2-3-11(7-9)13(10)12/h6,9-13H,2-5,7H2,1H3,(H,15,16). The van der Waals surface area contributed by atoms with Crippen LogP contribution in [0.4, 0.5) is 0 Å². The number of fused-ring (bicyclic) bond motifs is 5. The highest BCUT2D eigenvalue weighted by Crippen LogP contribution is 2.61. The van der Waals surface area contributed by atoms with Gasteiger partial charge in [-0.1, -0.05) is 6.08 Å². The Morgan fingerprint density at radius 1 is 1.19 bits per heavy atom. The first-order chi connectivity index (χ1) is 7.66. The highest BCUT2D eigenvalue weighted by Gasteiger charge is 2.52. The molecule has 0 aliphatic heterocycles. The van der Waals surface area contributed by atoms with Gasteiger partial charge in [-0.3, -0.25) is 0 Å². The largest absolute Gasteiger partial charge is 0.478 e. The molecule has 0 heterocycles. The lowest BCUT2D eigenvalue weighted by atomic mass is 9.77. The van der Waals surface area contributed by atoms with Crippen molar-refractivity contribution >= 4 is 5.97 Å². The Balaban J connectivity index is 1.79. The molecule has 3 rings (SSSR count). The molecule has 2 nitrogen and oxygen atoms in total. The lowest BCUT2D eigenvalue weighted by Gasteiger charge is -2.27. The maximum Gasteiger partial charge on any atom is 0.330 e. The first-order valence-corrected chi connectivity index (χ1v) is 6.58. The molecule has 0 amide bonds. The SMILES string of the molecule is CC(=CC1CCC2C3CCC(C3)C12)C(=O)O. The minimum Gasteiger partial charge on any atom is -0.478 e. The van der Waals surface area contributed by atoms with E-state index in [0.29, 0.717) is 11.5 Å². The van der Waals surface area contributed by atoms with Crippen LogP contribution < -0.4 is 0 Å². The second kappa shape index (κ2) is 3.61. The molecular weight excluding hydrogens is 200 g/mol. The summed E-state index contributed by atoms with van der Waals surface area (Å²) in [4.78, 5) is 10.9. The van der Waals surface area contributed by atoms with Gasteiger partial charge < -0.3 is 5.11 Å². The average molecular weight is 220 g/mol. The first-order valence-electron chi connectivity index (χ1n) is 6.58. The fourth-order valence-electron chi connectivity index (χ4n) is 4.71. The van der Waals surface area contributed by atoms with Gasteiger partial charge in [-0.2, -0.15) is 0 Å². The van der Waals surface area contributed by atoms with E-state index in [1.807, 2.05) is 6.08 Å². The Bertz CT molecular complexity index is 345. The molecule has 2 bridgehead atoms. The van der Waals surface area contributed by atoms with Crippen LogP contribution in [0.5, 0.6) is 0 Å². The maximum absolute atomic E-state index is 10.9. The Morgan fingerprint density at radius 2 is 1.94 bits per heavy atom. The summed E-state index contributed by atoms with van der Waals surface area (Å²) < 4.78 is 0. The van der Waals surface area contributed by atoms with Crippen molar-refractivity contribution in [3.63, 3.8) is 0 Å². The van der Waals surface area contributed by atoms with Gasteiger partial charge in [0.1, 0.15) is 0 Å². The Hall–Kier alpha value is -0.790. The molecule has 0 aromatic rings. The third kappa shape index (κ3) is 1.42. The molecule has 3 aliphatic rings. The number of carboxylic acids is 1. The van der Waals surface area contributed by atoms with Gasteiger partial charge >= 0.3 is 5.97 Å². The summed E-state index contributed by atoms with van der Waals surface area (Å²) in [5.74, 6) is 3.48. The lowest BCUT2D eigenvalue weighted by Crippen LogP contribution is -2.21. The number of allylic oxidation sites excluding steroid dienone is 1. The summed E-state index contributed by atoms with van der Waals surface area (Å²) in [6.07, 6.45) is 8.91. The number of hydrogen-bond acceptors (Lipinski definition) is 1. The molecule has 16 heavy (non-hydrogen) atoms. The van der Waals surface area contributed by atoms with Crippen LogP contribution in [0.1, 0.15) is 39.0 Å². The molecule has 0 aromatic carbocycles. The Morgan fingerprint density at radius 3 is 2.69 bits per heavy atom. The summed E-state index contributed by atoms with van der Waals surface area (Å²) in [7, 11) is 0. The van der Waals surface area contributed by atoms with E-state index >= 15 is 0 Å². The third-order valence-corrected chi connectivity index (χ3v) is 5.29. The van der Waals surface area contributed by atoms with Crippen LogP contribution in [0.3, 0.4) is 0 Å². The number of aliphatic carboxylic acids is 1. The number of carboxylic acid groups (broad SMARTS) is 1. The fraction of sp³-hybridized carbons (Fsp3) is 0.786. The van der Waals surface area contributed by atoms with Crippen molar-refractivity contribution in [2.75, 3.05) is 0 Å². The van der Waals surface area contributed by atoms with Gasteiger partial charge in [-0.25, -0.2) is 4.79 Å².